The van der Waals surface area contributed by atoms with E-state index in [1.807, 2.05) is 32.0 Å². The van der Waals surface area contributed by atoms with Crippen LogP contribution in [0, 0.1) is 6.92 Å². The van der Waals surface area contributed by atoms with Crippen molar-refractivity contribution in [2.24, 2.45) is 0 Å². The Bertz CT molecular complexity index is 1020. The molecule has 0 fully saturated rings. The lowest BCUT2D eigenvalue weighted by Gasteiger charge is -2.22. The number of carbonyl (C=O) groups excluding carboxylic acids is 1. The highest BCUT2D eigenvalue weighted by atomic mass is 32.2. The van der Waals surface area contributed by atoms with Crippen molar-refractivity contribution in [2.45, 2.75) is 38.8 Å². The van der Waals surface area contributed by atoms with Crippen LogP contribution in [0.25, 0.3) is 0 Å². The third-order valence-electron chi connectivity index (χ3n) is 5.24. The topological polar surface area (TPSA) is 84.9 Å². The average Bonchev–Trinajstić information content (AvgIpc) is 2.91. The normalized spacial score (nSPS) is 17.3. The van der Waals surface area contributed by atoms with E-state index in [2.05, 4.69) is 5.32 Å². The van der Waals surface area contributed by atoms with Crippen LogP contribution < -0.4 is 19.1 Å². The Hall–Kier alpha value is -2.74. The number of hydrogen-bond acceptors (Lipinski definition) is 5. The molecule has 1 aliphatic rings. The van der Waals surface area contributed by atoms with E-state index in [0.29, 0.717) is 17.9 Å². The summed E-state index contributed by atoms with van der Waals surface area (Å²) < 4.78 is 37.0. The average molecular weight is 433 g/mol. The number of rotatable bonds is 6. The number of amides is 1. The van der Waals surface area contributed by atoms with Crippen LogP contribution in [0.5, 0.6) is 11.5 Å². The van der Waals surface area contributed by atoms with Crippen LogP contribution in [0.3, 0.4) is 0 Å². The summed E-state index contributed by atoms with van der Waals surface area (Å²) in [5.74, 6) is 0.916. The number of sulfonamides is 1. The van der Waals surface area contributed by atoms with Gasteiger partial charge in [0.15, 0.2) is 6.10 Å². The van der Waals surface area contributed by atoms with Gasteiger partial charge in [0, 0.05) is 13.0 Å². The van der Waals surface area contributed by atoms with Gasteiger partial charge < -0.3 is 14.8 Å². The standard InChI is InChI=1S/C22H28N2O5S/c1-5-17(16-10-11-19(28-3)15(2)14-16)23-22(25)21-12-13-24(30(4,26)27)18-8-6-7-9-20(18)29-21/h6-11,14,17,21H,5,12-13H2,1-4H3,(H,23,25)/t17-,21-/m1/s1. The van der Waals surface area contributed by atoms with Crippen LogP contribution in [-0.4, -0.2) is 40.3 Å². The number of fused-ring (bicyclic) bond motifs is 1. The monoisotopic (exact) mass is 432 g/mol. The number of methoxy groups -OCH3 is 1. The van der Waals surface area contributed by atoms with E-state index in [4.69, 9.17) is 9.47 Å². The van der Waals surface area contributed by atoms with Gasteiger partial charge in [-0.2, -0.15) is 0 Å². The fourth-order valence-corrected chi connectivity index (χ4v) is 4.61. The Morgan fingerprint density at radius 2 is 2.03 bits per heavy atom. The second-order valence-corrected chi connectivity index (χ2v) is 9.30. The molecule has 2 aromatic carbocycles. The number of hydrogen-bond donors (Lipinski definition) is 1. The van der Waals surface area contributed by atoms with Crippen molar-refractivity contribution in [1.82, 2.24) is 5.32 Å². The summed E-state index contributed by atoms with van der Waals surface area (Å²) in [5, 5.41) is 3.06. The van der Waals surface area contributed by atoms with Gasteiger partial charge in [-0.1, -0.05) is 31.2 Å². The van der Waals surface area contributed by atoms with Crippen LogP contribution in [0.4, 0.5) is 5.69 Å². The van der Waals surface area contributed by atoms with Crippen LogP contribution >= 0.6 is 0 Å². The molecule has 8 heteroatoms. The molecule has 0 aromatic heterocycles. The van der Waals surface area contributed by atoms with Crippen molar-refractivity contribution in [3.8, 4) is 11.5 Å². The van der Waals surface area contributed by atoms with Gasteiger partial charge in [0.25, 0.3) is 5.91 Å². The molecule has 1 aliphatic heterocycles. The van der Waals surface area contributed by atoms with Gasteiger partial charge in [-0.25, -0.2) is 8.42 Å². The minimum atomic E-state index is -3.48. The zero-order chi connectivity index (χ0) is 21.9. The summed E-state index contributed by atoms with van der Waals surface area (Å²) in [5.41, 5.74) is 2.43. The summed E-state index contributed by atoms with van der Waals surface area (Å²) in [6.07, 6.45) is 1.33. The number of aryl methyl sites for hydroxylation is 1. The SMILES string of the molecule is CC[C@@H](NC(=O)[C@H]1CCN(S(C)(=O)=O)c2ccccc2O1)c1ccc(OC)c(C)c1. The van der Waals surface area contributed by atoms with E-state index in [1.54, 1.807) is 31.4 Å². The third-order valence-corrected chi connectivity index (χ3v) is 6.42. The molecule has 0 saturated carbocycles. The van der Waals surface area contributed by atoms with E-state index in [9.17, 15) is 13.2 Å². The number of carbonyl (C=O) groups is 1. The van der Waals surface area contributed by atoms with Crippen molar-refractivity contribution in [3.63, 3.8) is 0 Å². The molecule has 2 atom stereocenters. The summed E-state index contributed by atoms with van der Waals surface area (Å²) in [7, 11) is -1.86. The quantitative estimate of drug-likeness (QED) is 0.758. The molecule has 1 amide bonds. The van der Waals surface area contributed by atoms with E-state index in [-0.39, 0.29) is 24.9 Å². The second-order valence-electron chi connectivity index (χ2n) is 7.40. The van der Waals surface area contributed by atoms with Crippen LogP contribution in [0.2, 0.25) is 0 Å². The van der Waals surface area contributed by atoms with Gasteiger partial charge in [0.2, 0.25) is 10.0 Å². The Morgan fingerprint density at radius 1 is 1.30 bits per heavy atom. The molecule has 0 aliphatic carbocycles. The van der Waals surface area contributed by atoms with Gasteiger partial charge in [-0.05, 0) is 42.7 Å². The highest BCUT2D eigenvalue weighted by Crippen LogP contribution is 2.34. The highest BCUT2D eigenvalue weighted by molar-refractivity contribution is 7.92. The number of ether oxygens (including phenoxy) is 2. The van der Waals surface area contributed by atoms with Crippen LogP contribution in [-0.2, 0) is 14.8 Å². The first-order valence-electron chi connectivity index (χ1n) is 9.93. The summed E-state index contributed by atoms with van der Waals surface area (Å²) in [6, 6.07) is 12.5. The van der Waals surface area contributed by atoms with Crippen LogP contribution in [0.1, 0.15) is 36.9 Å². The maximum atomic E-state index is 13.0. The van der Waals surface area contributed by atoms with Crippen LogP contribution in [0.15, 0.2) is 42.5 Å². The fourth-order valence-electron chi connectivity index (χ4n) is 3.66. The Labute approximate surface area is 178 Å². The Kier molecular flexibility index (Phi) is 6.55. The van der Waals surface area contributed by atoms with Crippen molar-refractivity contribution in [3.05, 3.63) is 53.6 Å². The third kappa shape index (κ3) is 4.70. The van der Waals surface area contributed by atoms with E-state index >= 15 is 0 Å². The van der Waals surface area contributed by atoms with Crippen molar-refractivity contribution < 1.29 is 22.7 Å². The van der Waals surface area contributed by atoms with Crippen molar-refractivity contribution in [2.75, 3.05) is 24.2 Å². The first-order valence-corrected chi connectivity index (χ1v) is 11.8. The molecule has 2 aromatic rings. The molecular formula is C22H28N2O5S. The zero-order valence-electron chi connectivity index (χ0n) is 17.7. The lowest BCUT2D eigenvalue weighted by atomic mass is 10.0. The fraction of sp³-hybridized carbons (Fsp3) is 0.409. The maximum absolute atomic E-state index is 13.0. The van der Waals surface area contributed by atoms with Gasteiger partial charge in [-0.15, -0.1) is 0 Å². The first kappa shape index (κ1) is 22.0. The first-order chi connectivity index (χ1) is 14.2. The molecule has 3 rings (SSSR count). The number of nitrogens with zero attached hydrogens (tertiary/aromatic N) is 1. The predicted octanol–water partition coefficient (Wildman–Crippen LogP) is 3.19. The predicted molar refractivity (Wildman–Crippen MR) is 117 cm³/mol. The van der Waals surface area contributed by atoms with Gasteiger partial charge in [0.1, 0.15) is 11.5 Å². The van der Waals surface area contributed by atoms with E-state index in [1.165, 1.54) is 4.31 Å². The number of benzene rings is 2. The smallest absolute Gasteiger partial charge is 0.261 e. The molecule has 0 bridgehead atoms. The summed E-state index contributed by atoms with van der Waals surface area (Å²) >= 11 is 0. The molecular weight excluding hydrogens is 404 g/mol. The van der Waals surface area contributed by atoms with Gasteiger partial charge in [0.05, 0.1) is 25.1 Å². The number of nitrogens with one attached hydrogen (secondary N) is 1. The maximum Gasteiger partial charge on any atom is 0.261 e. The molecule has 0 radical (unpaired) electrons. The summed E-state index contributed by atoms with van der Waals surface area (Å²) in [4.78, 5) is 13.0. The minimum Gasteiger partial charge on any atom is -0.496 e. The molecule has 1 heterocycles. The van der Waals surface area contributed by atoms with Gasteiger partial charge >= 0.3 is 0 Å². The Balaban J connectivity index is 1.81. The van der Waals surface area contributed by atoms with Crippen molar-refractivity contribution in [1.29, 1.82) is 0 Å². The number of anilines is 1. The second kappa shape index (κ2) is 8.95. The molecule has 162 valence electrons. The highest BCUT2D eigenvalue weighted by Gasteiger charge is 2.31. The zero-order valence-corrected chi connectivity index (χ0v) is 18.5. The molecule has 0 spiro atoms. The molecule has 30 heavy (non-hydrogen) atoms. The molecule has 0 unspecified atom stereocenters. The molecule has 0 saturated heterocycles. The van der Waals surface area contributed by atoms with Crippen molar-refractivity contribution >= 4 is 21.6 Å². The summed E-state index contributed by atoms with van der Waals surface area (Å²) in [6.45, 7) is 4.13. The van der Waals surface area contributed by atoms with E-state index in [0.717, 1.165) is 23.1 Å². The Morgan fingerprint density at radius 3 is 2.67 bits per heavy atom. The lowest BCUT2D eigenvalue weighted by Crippen LogP contribution is -2.41. The molecule has 1 N–H and O–H groups in total. The van der Waals surface area contributed by atoms with E-state index < -0.39 is 16.1 Å². The molecule has 7 nitrogen and oxygen atoms in total. The minimum absolute atomic E-state index is 0.173. The van der Waals surface area contributed by atoms with Gasteiger partial charge in [-0.3, -0.25) is 9.10 Å². The largest absolute Gasteiger partial charge is 0.496 e. The lowest BCUT2D eigenvalue weighted by molar-refractivity contribution is -0.128. The number of para-hydroxylation sites is 2.